The van der Waals surface area contributed by atoms with Gasteiger partial charge in [-0.25, -0.2) is 22.9 Å². The molecule has 0 aliphatic rings. The Bertz CT molecular complexity index is 1690. The predicted molar refractivity (Wildman–Crippen MR) is 175 cm³/mol. The van der Waals surface area contributed by atoms with E-state index < -0.39 is 33.6 Å². The number of carboxylic acid groups (broad SMARTS) is 1. The van der Waals surface area contributed by atoms with Crippen LogP contribution >= 0.6 is 11.6 Å². The summed E-state index contributed by atoms with van der Waals surface area (Å²) in [6.07, 6.45) is 2.45. The molecule has 10 heteroatoms. The van der Waals surface area contributed by atoms with Gasteiger partial charge in [0.05, 0.1) is 12.0 Å². The molecule has 0 saturated carbocycles. The van der Waals surface area contributed by atoms with Crippen molar-refractivity contribution in [2.24, 2.45) is 0 Å². The van der Waals surface area contributed by atoms with Crippen molar-refractivity contribution in [1.82, 2.24) is 14.3 Å². The lowest BCUT2D eigenvalue weighted by Gasteiger charge is -2.37. The maximum absolute atomic E-state index is 12.8. The topological polar surface area (TPSA) is 111 Å². The number of sulfonamides is 1. The number of halogens is 1. The monoisotopic (exact) mass is 643 g/mol. The van der Waals surface area contributed by atoms with E-state index in [4.69, 9.17) is 21.3 Å². The molecule has 0 radical (unpaired) electrons. The fraction of sp³-hybridized carbons (Fsp3) is 0.200. The molecule has 45 heavy (non-hydrogen) atoms. The first kappa shape index (κ1) is 32.0. The number of ether oxygens (including phenoxy) is 1. The molecule has 1 aromatic heterocycles. The van der Waals surface area contributed by atoms with Gasteiger partial charge in [0.25, 0.3) is 0 Å². The highest BCUT2D eigenvalue weighted by atomic mass is 35.5. The average molecular weight is 644 g/mol. The largest absolute Gasteiger partial charge is 0.506 e. The number of imidazole rings is 1. The van der Waals surface area contributed by atoms with Gasteiger partial charge in [-0.2, -0.15) is 0 Å². The second-order valence-corrected chi connectivity index (χ2v) is 13.0. The Balaban J connectivity index is 1.34. The van der Waals surface area contributed by atoms with Gasteiger partial charge >= 0.3 is 6.16 Å². The van der Waals surface area contributed by atoms with Gasteiger partial charge in [-0.1, -0.05) is 115 Å². The van der Waals surface area contributed by atoms with Gasteiger partial charge in [0.15, 0.2) is 0 Å². The zero-order chi connectivity index (χ0) is 31.7. The molecule has 0 aliphatic heterocycles. The minimum Gasteiger partial charge on any atom is -0.450 e. The van der Waals surface area contributed by atoms with Gasteiger partial charge in [-0.15, -0.1) is 0 Å². The van der Waals surface area contributed by atoms with E-state index in [0.717, 1.165) is 27.9 Å². The van der Waals surface area contributed by atoms with Gasteiger partial charge in [-0.3, -0.25) is 0 Å². The van der Waals surface area contributed by atoms with Crippen molar-refractivity contribution in [1.29, 1.82) is 0 Å². The molecule has 0 amide bonds. The number of hydrogen-bond donors (Lipinski definition) is 2. The van der Waals surface area contributed by atoms with Crippen LogP contribution in [0.15, 0.2) is 128 Å². The van der Waals surface area contributed by atoms with E-state index in [1.807, 2.05) is 67.1 Å². The highest BCUT2D eigenvalue weighted by Crippen LogP contribution is 2.40. The number of carbonyl (C=O) groups is 1. The third-order valence-electron chi connectivity index (χ3n) is 7.64. The highest BCUT2D eigenvalue weighted by molar-refractivity contribution is 7.89. The van der Waals surface area contributed by atoms with Gasteiger partial charge < -0.3 is 14.4 Å². The molecule has 1 heterocycles. The lowest BCUT2D eigenvalue weighted by atomic mass is 9.77. The van der Waals surface area contributed by atoms with Crippen molar-refractivity contribution in [3.05, 3.63) is 161 Å². The van der Waals surface area contributed by atoms with Crippen LogP contribution < -0.4 is 4.72 Å². The van der Waals surface area contributed by atoms with Crippen molar-refractivity contribution in [2.45, 2.75) is 37.5 Å². The second-order valence-electron chi connectivity index (χ2n) is 10.7. The highest BCUT2D eigenvalue weighted by Gasteiger charge is 2.38. The van der Waals surface area contributed by atoms with Crippen LogP contribution in [-0.4, -0.2) is 41.1 Å². The smallest absolute Gasteiger partial charge is 0.450 e. The van der Waals surface area contributed by atoms with Gasteiger partial charge in [-0.05, 0) is 53.6 Å². The Kier molecular flexibility index (Phi) is 10.3. The summed E-state index contributed by atoms with van der Waals surface area (Å²) < 4.78 is 35.2. The van der Waals surface area contributed by atoms with E-state index in [1.54, 1.807) is 24.3 Å². The third-order valence-corrected chi connectivity index (χ3v) is 9.29. The second kappa shape index (κ2) is 14.6. The molecule has 0 aliphatic carbocycles. The van der Waals surface area contributed by atoms with Crippen molar-refractivity contribution in [2.75, 3.05) is 5.75 Å². The van der Waals surface area contributed by atoms with E-state index >= 15 is 0 Å². The molecule has 0 spiro atoms. The maximum Gasteiger partial charge on any atom is 0.506 e. The van der Waals surface area contributed by atoms with E-state index in [1.165, 1.54) is 0 Å². The van der Waals surface area contributed by atoms with Gasteiger partial charge in [0, 0.05) is 17.8 Å². The van der Waals surface area contributed by atoms with Crippen LogP contribution in [0.5, 0.6) is 0 Å². The molecule has 0 saturated heterocycles. The normalized spacial score (nSPS) is 12.5. The quantitative estimate of drug-likeness (QED) is 0.101. The minimum absolute atomic E-state index is 0.0583. The first-order chi connectivity index (χ1) is 21.8. The third kappa shape index (κ3) is 7.99. The molecule has 8 nitrogen and oxygen atoms in total. The number of nitrogens with one attached hydrogen (secondary N) is 1. The molecule has 1 unspecified atom stereocenters. The summed E-state index contributed by atoms with van der Waals surface area (Å²) in [5.41, 5.74) is 4.02. The van der Waals surface area contributed by atoms with Crippen molar-refractivity contribution >= 4 is 27.8 Å². The van der Waals surface area contributed by atoms with E-state index in [0.29, 0.717) is 17.9 Å². The van der Waals surface area contributed by atoms with Crippen molar-refractivity contribution in [3.8, 4) is 0 Å². The Hall–Kier alpha value is -4.44. The SMILES string of the molecule is O=C(O)OC(CCCc1cn(C(c2ccccc2)(c2ccccc2)c2ccccc2)cn1)CS(=O)(=O)NCc1ccc(Cl)cc1. The number of rotatable bonds is 14. The Morgan fingerprint density at radius 2 is 1.40 bits per heavy atom. The molecule has 2 N–H and O–H groups in total. The van der Waals surface area contributed by atoms with Crippen LogP contribution in [-0.2, 0) is 33.3 Å². The lowest BCUT2D eigenvalue weighted by Crippen LogP contribution is -2.36. The number of hydrogen-bond acceptors (Lipinski definition) is 5. The summed E-state index contributed by atoms with van der Waals surface area (Å²) in [4.78, 5) is 16.1. The zero-order valence-electron chi connectivity index (χ0n) is 24.5. The minimum atomic E-state index is -3.83. The standard InChI is InChI=1S/C35H34ClN3O5S/c36-31-21-19-27(20-22-31)23-38-45(42,43)25-33(44-34(40)41)18-10-17-32-24-39(26-37-32)35(28-11-4-1-5-12-28,29-13-6-2-7-14-29)30-15-8-3-9-16-30/h1-9,11-16,19-22,24,26,33,38H,10,17-18,23,25H2,(H,40,41). The van der Waals surface area contributed by atoms with Crippen LogP contribution in [0.1, 0.15) is 40.8 Å². The number of nitrogens with zero attached hydrogens (tertiary/aromatic N) is 2. The van der Waals surface area contributed by atoms with Crippen LogP contribution in [0.2, 0.25) is 5.02 Å². The summed E-state index contributed by atoms with van der Waals surface area (Å²) >= 11 is 5.90. The summed E-state index contributed by atoms with van der Waals surface area (Å²) in [5, 5.41) is 9.83. The van der Waals surface area contributed by atoms with Crippen molar-refractivity contribution < 1.29 is 23.1 Å². The zero-order valence-corrected chi connectivity index (χ0v) is 26.1. The number of aryl methyl sites for hydroxylation is 1. The van der Waals surface area contributed by atoms with E-state index in [-0.39, 0.29) is 13.0 Å². The Labute approximate surface area is 268 Å². The summed E-state index contributed by atoms with van der Waals surface area (Å²) in [7, 11) is -3.83. The fourth-order valence-electron chi connectivity index (χ4n) is 5.59. The van der Waals surface area contributed by atoms with Crippen LogP contribution in [0.4, 0.5) is 4.79 Å². The fourth-order valence-corrected chi connectivity index (χ4v) is 6.94. The molecule has 5 rings (SSSR count). The number of benzene rings is 4. The van der Waals surface area contributed by atoms with Crippen molar-refractivity contribution in [3.63, 3.8) is 0 Å². The van der Waals surface area contributed by atoms with Crippen LogP contribution in [0.3, 0.4) is 0 Å². The Morgan fingerprint density at radius 3 is 1.91 bits per heavy atom. The molecule has 0 fully saturated rings. The first-order valence-corrected chi connectivity index (χ1v) is 16.6. The molecule has 4 aromatic carbocycles. The summed E-state index contributed by atoms with van der Waals surface area (Å²) in [6, 6.07) is 37.5. The number of aromatic nitrogens is 2. The maximum atomic E-state index is 12.8. The van der Waals surface area contributed by atoms with E-state index in [9.17, 15) is 18.3 Å². The lowest BCUT2D eigenvalue weighted by molar-refractivity contribution is 0.0562. The predicted octanol–water partition coefficient (Wildman–Crippen LogP) is 6.88. The first-order valence-electron chi connectivity index (χ1n) is 14.6. The molecular formula is C35H34ClN3O5S. The molecular weight excluding hydrogens is 610 g/mol. The average Bonchev–Trinajstić information content (AvgIpc) is 3.51. The molecule has 1 atom stereocenters. The Morgan fingerprint density at radius 1 is 0.867 bits per heavy atom. The molecule has 0 bridgehead atoms. The summed E-state index contributed by atoms with van der Waals surface area (Å²) in [6.45, 7) is 0.0583. The van der Waals surface area contributed by atoms with E-state index in [2.05, 4.69) is 45.7 Å². The molecule has 232 valence electrons. The van der Waals surface area contributed by atoms with Crippen LogP contribution in [0, 0.1) is 0 Å². The van der Waals surface area contributed by atoms with Gasteiger partial charge in [0.1, 0.15) is 17.4 Å². The van der Waals surface area contributed by atoms with Gasteiger partial charge in [0.2, 0.25) is 10.0 Å². The molecule has 5 aromatic rings. The summed E-state index contributed by atoms with van der Waals surface area (Å²) in [5.74, 6) is -0.486. The van der Waals surface area contributed by atoms with Crippen LogP contribution in [0.25, 0.3) is 0 Å².